The molecule has 1 heterocycles. The van der Waals surface area contributed by atoms with E-state index in [1.54, 1.807) is 0 Å². The second kappa shape index (κ2) is 5.10. The van der Waals surface area contributed by atoms with Gasteiger partial charge in [-0.1, -0.05) is 36.4 Å². The van der Waals surface area contributed by atoms with Crippen LogP contribution in [0.5, 0.6) is 0 Å². The number of hydrogen-bond acceptors (Lipinski definition) is 2. The van der Waals surface area contributed by atoms with Crippen LogP contribution in [0.25, 0.3) is 11.0 Å². The van der Waals surface area contributed by atoms with Crippen molar-refractivity contribution in [3.63, 3.8) is 0 Å². The van der Waals surface area contributed by atoms with Crippen molar-refractivity contribution < 1.29 is 0 Å². The molecule has 0 atom stereocenters. The van der Waals surface area contributed by atoms with Crippen molar-refractivity contribution in [2.45, 2.75) is 19.9 Å². The number of imidazole rings is 1. The van der Waals surface area contributed by atoms with Crippen LogP contribution in [0, 0.1) is 6.92 Å². The Bertz CT molecular complexity index is 756. The van der Waals surface area contributed by atoms with Gasteiger partial charge in [0.15, 0.2) is 0 Å². The third-order valence-electron chi connectivity index (χ3n) is 3.88. The lowest BCUT2D eigenvalue weighted by Gasteiger charge is -2.08. The summed E-state index contributed by atoms with van der Waals surface area (Å²) in [4.78, 5) is 4.77. The molecule has 3 heteroatoms. The Hall–Kier alpha value is -2.13. The highest BCUT2D eigenvalue weighted by Gasteiger charge is 2.11. The van der Waals surface area contributed by atoms with Crippen molar-refractivity contribution in [1.82, 2.24) is 9.55 Å². The van der Waals surface area contributed by atoms with Crippen LogP contribution in [0.1, 0.15) is 22.5 Å². The van der Waals surface area contributed by atoms with E-state index in [1.165, 1.54) is 22.2 Å². The van der Waals surface area contributed by atoms with Crippen molar-refractivity contribution in [3.8, 4) is 0 Å². The fourth-order valence-electron chi connectivity index (χ4n) is 2.77. The van der Waals surface area contributed by atoms with E-state index >= 15 is 0 Å². The van der Waals surface area contributed by atoms with E-state index in [0.29, 0.717) is 6.54 Å². The average molecular weight is 265 g/mol. The molecule has 0 aliphatic carbocycles. The van der Waals surface area contributed by atoms with Crippen LogP contribution in [0.15, 0.2) is 42.5 Å². The number of fused-ring (bicyclic) bond motifs is 1. The Kier molecular flexibility index (Phi) is 3.28. The smallest absolute Gasteiger partial charge is 0.114 e. The van der Waals surface area contributed by atoms with Gasteiger partial charge >= 0.3 is 0 Å². The number of nitrogens with zero attached hydrogens (tertiary/aromatic N) is 2. The second-order valence-corrected chi connectivity index (χ2v) is 5.18. The van der Waals surface area contributed by atoms with Gasteiger partial charge in [-0.2, -0.15) is 0 Å². The maximum atomic E-state index is 5.81. The minimum atomic E-state index is 0.569. The molecule has 1 aromatic heterocycles. The van der Waals surface area contributed by atoms with E-state index in [-0.39, 0.29) is 0 Å². The molecule has 0 bridgehead atoms. The van der Waals surface area contributed by atoms with Crippen molar-refractivity contribution in [2.24, 2.45) is 12.8 Å². The average Bonchev–Trinajstić information content (AvgIpc) is 2.77. The molecule has 0 aliphatic heterocycles. The minimum absolute atomic E-state index is 0.569. The topological polar surface area (TPSA) is 43.8 Å². The summed E-state index contributed by atoms with van der Waals surface area (Å²) in [5.41, 5.74) is 11.8. The van der Waals surface area contributed by atoms with Gasteiger partial charge in [0.25, 0.3) is 0 Å². The SMILES string of the molecule is Cc1cccc2nc(Cc3ccccc3CN)n(C)c12. The number of nitrogens with two attached hydrogens (primary N) is 1. The Morgan fingerprint density at radius 2 is 1.80 bits per heavy atom. The number of hydrogen-bond donors (Lipinski definition) is 1. The molecule has 0 saturated heterocycles. The maximum absolute atomic E-state index is 5.81. The molecule has 3 rings (SSSR count). The van der Waals surface area contributed by atoms with Crippen molar-refractivity contribution in [1.29, 1.82) is 0 Å². The summed E-state index contributed by atoms with van der Waals surface area (Å²) in [6.07, 6.45) is 0.817. The van der Waals surface area contributed by atoms with Gasteiger partial charge in [0.05, 0.1) is 11.0 Å². The number of aromatic nitrogens is 2. The lowest BCUT2D eigenvalue weighted by molar-refractivity contribution is 0.836. The molecule has 0 spiro atoms. The van der Waals surface area contributed by atoms with Crippen LogP contribution in [-0.2, 0) is 20.0 Å². The van der Waals surface area contributed by atoms with Crippen LogP contribution in [0.4, 0.5) is 0 Å². The monoisotopic (exact) mass is 265 g/mol. The fourth-order valence-corrected chi connectivity index (χ4v) is 2.77. The van der Waals surface area contributed by atoms with E-state index in [2.05, 4.69) is 54.9 Å². The van der Waals surface area contributed by atoms with Gasteiger partial charge in [0.2, 0.25) is 0 Å². The van der Waals surface area contributed by atoms with Crippen LogP contribution < -0.4 is 5.73 Å². The third kappa shape index (κ3) is 2.10. The van der Waals surface area contributed by atoms with E-state index in [1.807, 2.05) is 6.07 Å². The first kappa shape index (κ1) is 12.9. The molecule has 2 aromatic carbocycles. The summed E-state index contributed by atoms with van der Waals surface area (Å²) in [6, 6.07) is 14.6. The Balaban J connectivity index is 2.07. The molecule has 0 unspecified atom stereocenters. The van der Waals surface area contributed by atoms with Crippen LogP contribution in [0.2, 0.25) is 0 Å². The molecule has 0 aliphatic rings. The lowest BCUT2D eigenvalue weighted by Crippen LogP contribution is -2.05. The molecule has 0 amide bonds. The Morgan fingerprint density at radius 3 is 2.50 bits per heavy atom. The summed E-state index contributed by atoms with van der Waals surface area (Å²) in [6.45, 7) is 2.70. The Labute approximate surface area is 119 Å². The summed E-state index contributed by atoms with van der Waals surface area (Å²) < 4.78 is 2.19. The van der Waals surface area contributed by atoms with E-state index in [9.17, 15) is 0 Å². The van der Waals surface area contributed by atoms with E-state index in [4.69, 9.17) is 10.7 Å². The highest BCUT2D eigenvalue weighted by atomic mass is 15.1. The third-order valence-corrected chi connectivity index (χ3v) is 3.88. The summed E-state index contributed by atoms with van der Waals surface area (Å²) in [5, 5.41) is 0. The van der Waals surface area contributed by atoms with Gasteiger partial charge < -0.3 is 10.3 Å². The number of benzene rings is 2. The first-order valence-electron chi connectivity index (χ1n) is 6.88. The first-order chi connectivity index (χ1) is 9.70. The summed E-state index contributed by atoms with van der Waals surface area (Å²) in [7, 11) is 2.09. The molecule has 3 aromatic rings. The first-order valence-corrected chi connectivity index (χ1v) is 6.88. The quantitative estimate of drug-likeness (QED) is 0.791. The van der Waals surface area contributed by atoms with E-state index in [0.717, 1.165) is 17.8 Å². The summed E-state index contributed by atoms with van der Waals surface area (Å²) in [5.74, 6) is 1.08. The van der Waals surface area contributed by atoms with Crippen molar-refractivity contribution in [2.75, 3.05) is 0 Å². The van der Waals surface area contributed by atoms with Gasteiger partial charge in [-0.3, -0.25) is 0 Å². The molecular formula is C17H19N3. The highest BCUT2D eigenvalue weighted by molar-refractivity contribution is 5.79. The molecule has 102 valence electrons. The van der Waals surface area contributed by atoms with Gasteiger partial charge in [-0.05, 0) is 29.7 Å². The van der Waals surface area contributed by atoms with Crippen LogP contribution in [-0.4, -0.2) is 9.55 Å². The molecule has 0 radical (unpaired) electrons. The Morgan fingerprint density at radius 1 is 1.05 bits per heavy atom. The maximum Gasteiger partial charge on any atom is 0.114 e. The van der Waals surface area contributed by atoms with Gasteiger partial charge in [0.1, 0.15) is 5.82 Å². The number of aryl methyl sites for hydroxylation is 2. The lowest BCUT2D eigenvalue weighted by atomic mass is 10.0. The molecule has 0 saturated carbocycles. The standard InChI is InChI=1S/C17H19N3/c1-12-6-5-9-15-17(12)20(2)16(19-15)10-13-7-3-4-8-14(13)11-18/h3-9H,10-11,18H2,1-2H3. The molecule has 3 nitrogen and oxygen atoms in total. The zero-order chi connectivity index (χ0) is 14.1. The molecular weight excluding hydrogens is 246 g/mol. The number of rotatable bonds is 3. The zero-order valence-corrected chi connectivity index (χ0v) is 11.9. The fraction of sp³-hybridized carbons (Fsp3) is 0.235. The molecule has 0 fully saturated rings. The van der Waals surface area contributed by atoms with E-state index < -0.39 is 0 Å². The molecule has 2 N–H and O–H groups in total. The second-order valence-electron chi connectivity index (χ2n) is 5.18. The van der Waals surface area contributed by atoms with Crippen molar-refractivity contribution in [3.05, 3.63) is 65.0 Å². The molecule has 20 heavy (non-hydrogen) atoms. The van der Waals surface area contributed by atoms with Crippen molar-refractivity contribution >= 4 is 11.0 Å². The van der Waals surface area contributed by atoms with Gasteiger partial charge in [-0.25, -0.2) is 4.98 Å². The van der Waals surface area contributed by atoms with Crippen LogP contribution >= 0.6 is 0 Å². The number of para-hydroxylation sites is 1. The predicted molar refractivity (Wildman–Crippen MR) is 82.6 cm³/mol. The summed E-state index contributed by atoms with van der Waals surface area (Å²) >= 11 is 0. The highest BCUT2D eigenvalue weighted by Crippen LogP contribution is 2.21. The normalized spacial score (nSPS) is 11.2. The van der Waals surface area contributed by atoms with Crippen LogP contribution in [0.3, 0.4) is 0 Å². The van der Waals surface area contributed by atoms with Gasteiger partial charge in [0, 0.05) is 20.0 Å². The minimum Gasteiger partial charge on any atom is -0.331 e. The zero-order valence-electron chi connectivity index (χ0n) is 11.9. The largest absolute Gasteiger partial charge is 0.331 e. The predicted octanol–water partition coefficient (Wildman–Crippen LogP) is 2.93. The van der Waals surface area contributed by atoms with Gasteiger partial charge in [-0.15, -0.1) is 0 Å².